The van der Waals surface area contributed by atoms with Crippen molar-refractivity contribution in [2.24, 2.45) is 10.4 Å². The highest BCUT2D eigenvalue weighted by Crippen LogP contribution is 2.29. The van der Waals surface area contributed by atoms with Crippen molar-refractivity contribution in [3.63, 3.8) is 0 Å². The van der Waals surface area contributed by atoms with Gasteiger partial charge in [-0.3, -0.25) is 4.99 Å². The Balaban J connectivity index is 0.00000392. The van der Waals surface area contributed by atoms with Crippen LogP contribution in [0, 0.1) is 5.41 Å². The van der Waals surface area contributed by atoms with Gasteiger partial charge in [0, 0.05) is 36.0 Å². The zero-order chi connectivity index (χ0) is 20.1. The lowest BCUT2D eigenvalue weighted by atomic mass is 9.90. The summed E-state index contributed by atoms with van der Waals surface area (Å²) in [5, 5.41) is 17.9. The summed E-state index contributed by atoms with van der Waals surface area (Å²) >= 11 is 1.58. The van der Waals surface area contributed by atoms with Crippen LogP contribution in [0.25, 0.3) is 10.1 Å². The summed E-state index contributed by atoms with van der Waals surface area (Å²) in [4.78, 5) is 5.09. The molecular formula is C19H30IN3O3S2. The van der Waals surface area contributed by atoms with E-state index in [4.69, 9.17) is 0 Å². The first-order chi connectivity index (χ1) is 12.6. The van der Waals surface area contributed by atoms with Crippen LogP contribution < -0.4 is 10.6 Å². The second-order valence-corrected chi connectivity index (χ2v) is 10.9. The molecule has 1 unspecified atom stereocenters. The van der Waals surface area contributed by atoms with Crippen LogP contribution in [0.2, 0.25) is 0 Å². The number of sulfone groups is 1. The van der Waals surface area contributed by atoms with Crippen LogP contribution in [-0.2, 0) is 9.84 Å². The smallest absolute Gasteiger partial charge is 0.191 e. The number of hydrogen-bond acceptors (Lipinski definition) is 5. The van der Waals surface area contributed by atoms with Crippen molar-refractivity contribution < 1.29 is 13.5 Å². The first kappa shape index (κ1) is 25.1. The molecule has 1 aromatic carbocycles. The molecular weight excluding hydrogens is 509 g/mol. The summed E-state index contributed by atoms with van der Waals surface area (Å²) in [5.41, 5.74) is -0.190. The van der Waals surface area contributed by atoms with Crippen molar-refractivity contribution >= 4 is 61.2 Å². The van der Waals surface area contributed by atoms with Crippen LogP contribution in [0.3, 0.4) is 0 Å². The average Bonchev–Trinajstić information content (AvgIpc) is 3.04. The maximum absolute atomic E-state index is 11.4. The summed E-state index contributed by atoms with van der Waals surface area (Å²) in [6.45, 7) is 4.96. The molecule has 0 aliphatic heterocycles. The fourth-order valence-electron chi connectivity index (χ4n) is 2.55. The molecule has 1 aromatic heterocycles. The molecule has 2 rings (SSSR count). The van der Waals surface area contributed by atoms with Crippen LogP contribution >= 0.6 is 35.3 Å². The van der Waals surface area contributed by atoms with Crippen LogP contribution in [0.15, 0.2) is 35.3 Å². The standard InChI is InChI=1S/C19H29N3O3S2.HI/c1-19(2,9-10-27(4,24)25)13-22-18(20-3)21-12-15(23)17-11-14-7-5-6-8-16(14)26-17;/h5-8,11,15,23H,9-10,12-13H2,1-4H3,(H2,20,21,22);1H. The van der Waals surface area contributed by atoms with Gasteiger partial charge in [0.25, 0.3) is 0 Å². The molecule has 0 radical (unpaired) electrons. The van der Waals surface area contributed by atoms with Gasteiger partial charge in [-0.05, 0) is 29.4 Å². The van der Waals surface area contributed by atoms with E-state index in [0.717, 1.165) is 15.0 Å². The summed E-state index contributed by atoms with van der Waals surface area (Å²) < 4.78 is 23.9. The predicted octanol–water partition coefficient (Wildman–Crippen LogP) is 3.18. The van der Waals surface area contributed by atoms with Gasteiger partial charge in [-0.2, -0.15) is 0 Å². The molecule has 0 aliphatic rings. The minimum atomic E-state index is -2.97. The van der Waals surface area contributed by atoms with Crippen LogP contribution in [0.5, 0.6) is 0 Å². The van der Waals surface area contributed by atoms with Crippen molar-refractivity contribution in [3.05, 3.63) is 35.2 Å². The Kier molecular flexibility index (Phi) is 9.65. The number of nitrogens with zero attached hydrogens (tertiary/aromatic N) is 1. The molecule has 9 heteroatoms. The summed E-state index contributed by atoms with van der Waals surface area (Å²) in [5.74, 6) is 0.751. The minimum absolute atomic E-state index is 0. The fourth-order valence-corrected chi connectivity index (χ4v) is 4.53. The molecule has 0 spiro atoms. The average molecular weight is 540 g/mol. The van der Waals surface area contributed by atoms with Gasteiger partial charge < -0.3 is 15.7 Å². The highest BCUT2D eigenvalue weighted by Gasteiger charge is 2.21. The van der Waals surface area contributed by atoms with Gasteiger partial charge in [-0.15, -0.1) is 35.3 Å². The summed E-state index contributed by atoms with van der Waals surface area (Å²) in [7, 11) is -1.30. The highest BCUT2D eigenvalue weighted by molar-refractivity contribution is 14.0. The number of aliphatic hydroxyl groups excluding tert-OH is 1. The normalized spacial score (nSPS) is 13.8. The van der Waals surface area contributed by atoms with Gasteiger partial charge >= 0.3 is 0 Å². The van der Waals surface area contributed by atoms with Gasteiger partial charge in [-0.1, -0.05) is 32.0 Å². The number of halogens is 1. The van der Waals surface area contributed by atoms with E-state index in [9.17, 15) is 13.5 Å². The van der Waals surface area contributed by atoms with Gasteiger partial charge in [0.1, 0.15) is 15.9 Å². The molecule has 0 saturated heterocycles. The van der Waals surface area contributed by atoms with E-state index in [1.165, 1.54) is 6.26 Å². The number of fused-ring (bicyclic) bond motifs is 1. The molecule has 3 N–H and O–H groups in total. The van der Waals surface area contributed by atoms with Crippen LogP contribution in [0.4, 0.5) is 0 Å². The molecule has 158 valence electrons. The third-order valence-electron chi connectivity index (χ3n) is 4.34. The number of thiophene rings is 1. The molecule has 0 saturated carbocycles. The lowest BCUT2D eigenvalue weighted by Crippen LogP contribution is -2.43. The van der Waals surface area contributed by atoms with E-state index in [1.54, 1.807) is 18.4 Å². The molecule has 28 heavy (non-hydrogen) atoms. The van der Waals surface area contributed by atoms with E-state index >= 15 is 0 Å². The van der Waals surface area contributed by atoms with E-state index < -0.39 is 15.9 Å². The number of hydrogen-bond donors (Lipinski definition) is 3. The topological polar surface area (TPSA) is 90.8 Å². The second kappa shape index (κ2) is 10.7. The third kappa shape index (κ3) is 8.22. The van der Waals surface area contributed by atoms with Crippen molar-refractivity contribution in [2.45, 2.75) is 26.4 Å². The van der Waals surface area contributed by atoms with Crippen molar-refractivity contribution in [3.8, 4) is 0 Å². The molecule has 0 bridgehead atoms. The zero-order valence-electron chi connectivity index (χ0n) is 16.7. The lowest BCUT2D eigenvalue weighted by molar-refractivity contribution is 0.184. The Labute approximate surface area is 188 Å². The Hall–Kier alpha value is -0.910. The number of aliphatic hydroxyl groups is 1. The number of aliphatic imine (C=N–C) groups is 1. The summed E-state index contributed by atoms with van der Waals surface area (Å²) in [6.07, 6.45) is 1.20. The molecule has 0 amide bonds. The van der Waals surface area contributed by atoms with Crippen molar-refractivity contribution in [1.29, 1.82) is 0 Å². The monoisotopic (exact) mass is 539 g/mol. The Morgan fingerprint density at radius 2 is 1.96 bits per heavy atom. The minimum Gasteiger partial charge on any atom is -0.386 e. The molecule has 2 aromatic rings. The Bertz CT molecular complexity index is 862. The zero-order valence-corrected chi connectivity index (χ0v) is 20.7. The first-order valence-corrected chi connectivity index (χ1v) is 11.8. The van der Waals surface area contributed by atoms with Crippen molar-refractivity contribution in [2.75, 3.05) is 32.1 Å². The van der Waals surface area contributed by atoms with E-state index in [0.29, 0.717) is 25.5 Å². The Morgan fingerprint density at radius 3 is 2.57 bits per heavy atom. The molecule has 1 atom stereocenters. The maximum atomic E-state index is 11.4. The number of nitrogens with one attached hydrogen (secondary N) is 2. The van der Waals surface area contributed by atoms with Crippen molar-refractivity contribution in [1.82, 2.24) is 10.6 Å². The lowest BCUT2D eigenvalue weighted by Gasteiger charge is -2.26. The van der Waals surface area contributed by atoms with Gasteiger partial charge in [-0.25, -0.2) is 8.42 Å². The largest absolute Gasteiger partial charge is 0.386 e. The van der Waals surface area contributed by atoms with Crippen LogP contribution in [0.1, 0.15) is 31.2 Å². The second-order valence-electron chi connectivity index (χ2n) is 7.55. The van der Waals surface area contributed by atoms with E-state index in [-0.39, 0.29) is 35.1 Å². The Morgan fingerprint density at radius 1 is 1.29 bits per heavy atom. The highest BCUT2D eigenvalue weighted by atomic mass is 127. The number of rotatable bonds is 8. The molecule has 0 aliphatic carbocycles. The maximum Gasteiger partial charge on any atom is 0.191 e. The van der Waals surface area contributed by atoms with Gasteiger partial charge in [0.05, 0.1) is 5.75 Å². The van der Waals surface area contributed by atoms with Gasteiger partial charge in [0.15, 0.2) is 5.96 Å². The first-order valence-electron chi connectivity index (χ1n) is 8.88. The molecule has 1 heterocycles. The molecule has 6 nitrogen and oxygen atoms in total. The predicted molar refractivity (Wildman–Crippen MR) is 130 cm³/mol. The SMILES string of the molecule is CN=C(NCC(O)c1cc2ccccc2s1)NCC(C)(C)CCS(C)(=O)=O.I. The quantitative estimate of drug-likeness (QED) is 0.273. The van der Waals surface area contributed by atoms with Gasteiger partial charge in [0.2, 0.25) is 0 Å². The fraction of sp³-hybridized carbons (Fsp3) is 0.526. The van der Waals surface area contributed by atoms with E-state index in [2.05, 4.69) is 15.6 Å². The molecule has 0 fully saturated rings. The van der Waals surface area contributed by atoms with Crippen LogP contribution in [-0.4, -0.2) is 51.6 Å². The number of guanidine groups is 1. The van der Waals surface area contributed by atoms with E-state index in [1.807, 2.05) is 44.2 Å². The summed E-state index contributed by atoms with van der Waals surface area (Å²) in [6, 6.07) is 10.1. The number of benzene rings is 1. The third-order valence-corrected chi connectivity index (χ3v) is 6.51.